The highest BCUT2D eigenvalue weighted by Crippen LogP contribution is 2.13. The highest BCUT2D eigenvalue weighted by Gasteiger charge is 2.30. The van der Waals surface area contributed by atoms with Gasteiger partial charge in [-0.25, -0.2) is 13.0 Å². The summed E-state index contributed by atoms with van der Waals surface area (Å²) in [5, 5.41) is -2.04. The number of ether oxygens (including phenoxy) is 2. The number of esters is 2. The Morgan fingerprint density at radius 3 is 1.41 bits per heavy atom. The van der Waals surface area contributed by atoms with Gasteiger partial charge in [0.2, 0.25) is 0 Å². The second kappa shape index (κ2) is 31.6. The molecule has 0 N–H and O–H groups in total. The third-order valence-corrected chi connectivity index (χ3v) is 9.07. The van der Waals surface area contributed by atoms with Gasteiger partial charge in [-0.3, -0.25) is 9.59 Å². The third-order valence-electron chi connectivity index (χ3n) is 8.01. The molecular formula is C37H67NO7S. The van der Waals surface area contributed by atoms with Crippen LogP contribution in [0, 0.1) is 0 Å². The molecule has 1 atom stereocenters. The van der Waals surface area contributed by atoms with Crippen LogP contribution in [0.2, 0.25) is 0 Å². The molecule has 1 rings (SSSR count). The molecular weight excluding hydrogens is 602 g/mol. The lowest BCUT2D eigenvalue weighted by atomic mass is 10.0. The zero-order chi connectivity index (χ0) is 34.1. The van der Waals surface area contributed by atoms with E-state index in [2.05, 4.69) is 42.1 Å². The summed E-state index contributed by atoms with van der Waals surface area (Å²) in [5.41, 5.74) is 0. The van der Waals surface area contributed by atoms with Gasteiger partial charge in [0, 0.05) is 18.6 Å². The maximum Gasteiger partial charge on any atom is 0.323 e. The normalized spacial score (nSPS) is 11.8. The van der Waals surface area contributed by atoms with Crippen LogP contribution in [0.4, 0.5) is 0 Å². The topological polar surface area (TPSA) is 114 Å². The monoisotopic (exact) mass is 669 g/mol. The average molecular weight is 670 g/mol. The van der Waals surface area contributed by atoms with Crippen LogP contribution in [-0.4, -0.2) is 43.4 Å². The van der Waals surface area contributed by atoms with E-state index in [4.69, 9.17) is 9.47 Å². The molecule has 0 radical (unpaired) electrons. The maximum absolute atomic E-state index is 11.8. The molecule has 0 fully saturated rings. The Labute approximate surface area is 282 Å². The predicted octanol–water partition coefficient (Wildman–Crippen LogP) is 8.99. The Morgan fingerprint density at radius 1 is 0.587 bits per heavy atom. The van der Waals surface area contributed by atoms with E-state index in [1.807, 2.05) is 13.8 Å². The first-order chi connectivity index (χ1) is 22.3. The smallest absolute Gasteiger partial charge is 0.323 e. The van der Waals surface area contributed by atoms with Gasteiger partial charge in [0.15, 0.2) is 17.6 Å². The minimum absolute atomic E-state index is 0.0386. The lowest BCUT2D eigenvalue weighted by molar-refractivity contribution is -0.697. The average Bonchev–Trinajstić information content (AvgIpc) is 3.03. The van der Waals surface area contributed by atoms with E-state index < -0.39 is 33.7 Å². The molecule has 0 aliphatic heterocycles. The van der Waals surface area contributed by atoms with Crippen molar-refractivity contribution >= 4 is 22.1 Å². The lowest BCUT2D eigenvalue weighted by Gasteiger charge is -2.18. The van der Waals surface area contributed by atoms with E-state index >= 15 is 0 Å². The molecule has 9 heteroatoms. The zero-order valence-corrected chi connectivity index (χ0v) is 30.4. The SMILES string of the molecule is CCCCCCCCCCCCCCCC[n+]1ccccc1.CCCCCCOC(=O)CC(C(=O)OCCCCCC)S(=O)(=O)[O-]. The van der Waals surface area contributed by atoms with Crippen molar-refractivity contribution in [1.29, 1.82) is 0 Å². The number of unbranched alkanes of at least 4 members (excludes halogenated alkanes) is 19. The van der Waals surface area contributed by atoms with Crippen LogP contribution in [0.1, 0.15) is 168 Å². The highest BCUT2D eigenvalue weighted by molar-refractivity contribution is 7.87. The van der Waals surface area contributed by atoms with Crippen LogP contribution < -0.4 is 4.57 Å². The van der Waals surface area contributed by atoms with Crippen LogP contribution in [0.5, 0.6) is 0 Å². The fraction of sp³-hybridized carbons (Fsp3) is 0.811. The van der Waals surface area contributed by atoms with Gasteiger partial charge in [-0.05, 0) is 19.3 Å². The molecule has 46 heavy (non-hydrogen) atoms. The van der Waals surface area contributed by atoms with Gasteiger partial charge in [-0.1, -0.05) is 142 Å². The van der Waals surface area contributed by atoms with Crippen molar-refractivity contribution in [3.05, 3.63) is 30.6 Å². The molecule has 0 aliphatic rings. The summed E-state index contributed by atoms with van der Waals surface area (Å²) in [6.45, 7) is 7.73. The van der Waals surface area contributed by atoms with Gasteiger partial charge < -0.3 is 14.0 Å². The molecule has 0 spiro atoms. The molecule has 0 amide bonds. The van der Waals surface area contributed by atoms with E-state index in [-0.39, 0.29) is 13.2 Å². The first-order valence-electron chi connectivity index (χ1n) is 18.5. The van der Waals surface area contributed by atoms with Crippen molar-refractivity contribution < 1.29 is 36.6 Å². The molecule has 0 aliphatic carbocycles. The molecule has 0 aromatic carbocycles. The first kappa shape index (κ1) is 44.0. The van der Waals surface area contributed by atoms with Crippen LogP contribution in [0.15, 0.2) is 30.6 Å². The van der Waals surface area contributed by atoms with Crippen molar-refractivity contribution in [3.63, 3.8) is 0 Å². The number of aryl methyl sites for hydroxylation is 1. The van der Waals surface area contributed by atoms with Crippen molar-refractivity contribution in [2.75, 3.05) is 13.2 Å². The van der Waals surface area contributed by atoms with Gasteiger partial charge in [-0.15, -0.1) is 0 Å². The molecule has 1 aromatic heterocycles. The van der Waals surface area contributed by atoms with E-state index in [9.17, 15) is 22.6 Å². The van der Waals surface area contributed by atoms with Crippen molar-refractivity contribution in [2.45, 2.75) is 180 Å². The Bertz CT molecular complexity index is 940. The number of aromatic nitrogens is 1. The molecule has 0 bridgehead atoms. The number of rotatable bonds is 29. The maximum atomic E-state index is 11.8. The van der Waals surface area contributed by atoms with Crippen LogP contribution in [0.3, 0.4) is 0 Å². The standard InChI is InChI=1S/C21H38N.C16H30O7S/c1-2-3-4-5-6-7-8-9-10-11-12-13-14-16-19-22-20-17-15-18-21-22;1-3-5-7-9-11-22-15(17)13-14(24(19,20)21)16(18)23-12-10-8-6-4-2/h15,17-18,20-21H,2-14,16,19H2,1H3;14H,3-13H2,1-2H3,(H,19,20,21)/q+1;/p-1. The minimum Gasteiger partial charge on any atom is -0.747 e. The quantitative estimate of drug-likeness (QED) is 0.0362. The van der Waals surface area contributed by atoms with Crippen molar-refractivity contribution in [2.24, 2.45) is 0 Å². The number of carbonyl (C=O) groups is 2. The molecule has 8 nitrogen and oxygen atoms in total. The summed E-state index contributed by atoms with van der Waals surface area (Å²) < 4.78 is 45.6. The summed E-state index contributed by atoms with van der Waals surface area (Å²) in [6.07, 6.45) is 30.7. The van der Waals surface area contributed by atoms with Crippen LogP contribution in [-0.2, 0) is 35.7 Å². The molecule has 1 unspecified atom stereocenters. The first-order valence-corrected chi connectivity index (χ1v) is 19.9. The van der Waals surface area contributed by atoms with Crippen molar-refractivity contribution in [3.8, 4) is 0 Å². The summed E-state index contributed by atoms with van der Waals surface area (Å²) >= 11 is 0. The van der Waals surface area contributed by atoms with Gasteiger partial charge in [-0.2, -0.15) is 0 Å². The fourth-order valence-electron chi connectivity index (χ4n) is 5.10. The number of pyridine rings is 1. The second-order valence-electron chi connectivity index (χ2n) is 12.4. The Morgan fingerprint density at radius 2 is 0.978 bits per heavy atom. The Kier molecular flexibility index (Phi) is 30.2. The van der Waals surface area contributed by atoms with E-state index in [1.54, 1.807) is 0 Å². The third kappa shape index (κ3) is 28.2. The highest BCUT2D eigenvalue weighted by atomic mass is 32.2. The van der Waals surface area contributed by atoms with Gasteiger partial charge in [0.05, 0.1) is 19.6 Å². The summed E-state index contributed by atoms with van der Waals surface area (Å²) in [6, 6.07) is 6.31. The zero-order valence-electron chi connectivity index (χ0n) is 29.6. The minimum atomic E-state index is -4.97. The molecule has 268 valence electrons. The van der Waals surface area contributed by atoms with Gasteiger partial charge >= 0.3 is 11.9 Å². The van der Waals surface area contributed by atoms with E-state index in [0.29, 0.717) is 12.8 Å². The van der Waals surface area contributed by atoms with Crippen LogP contribution >= 0.6 is 0 Å². The lowest BCUT2D eigenvalue weighted by Crippen LogP contribution is -2.34. The molecule has 1 heterocycles. The largest absolute Gasteiger partial charge is 0.747 e. The van der Waals surface area contributed by atoms with E-state index in [1.165, 1.54) is 96.4 Å². The number of nitrogens with zero attached hydrogens (tertiary/aromatic N) is 1. The number of carbonyl (C=O) groups excluding carboxylic acids is 2. The van der Waals surface area contributed by atoms with Gasteiger partial charge in [0.25, 0.3) is 0 Å². The molecule has 1 aromatic rings. The fourth-order valence-corrected chi connectivity index (χ4v) is 5.74. The summed E-state index contributed by atoms with van der Waals surface area (Å²) in [5.74, 6) is -2.05. The second-order valence-corrected chi connectivity index (χ2v) is 14.0. The van der Waals surface area contributed by atoms with Crippen molar-refractivity contribution in [1.82, 2.24) is 0 Å². The van der Waals surface area contributed by atoms with Crippen LogP contribution in [0.25, 0.3) is 0 Å². The number of hydrogen-bond donors (Lipinski definition) is 0. The molecule has 0 saturated heterocycles. The molecule has 0 saturated carbocycles. The Balaban J connectivity index is 0.000000883. The summed E-state index contributed by atoms with van der Waals surface area (Å²) in [4.78, 5) is 23.4. The summed E-state index contributed by atoms with van der Waals surface area (Å²) in [7, 11) is -4.97. The number of hydrogen-bond acceptors (Lipinski definition) is 7. The Hall–Kier alpha value is -2.00. The van der Waals surface area contributed by atoms with Gasteiger partial charge in [0.1, 0.15) is 16.7 Å². The van der Waals surface area contributed by atoms with E-state index in [0.717, 1.165) is 38.5 Å². The predicted molar refractivity (Wildman–Crippen MR) is 185 cm³/mol.